The minimum Gasteiger partial charge on any atom is -0.480 e. The molecule has 0 amide bonds. The molecule has 1 saturated heterocycles. The molecular weight excluding hydrogens is 238 g/mol. The van der Waals surface area contributed by atoms with Gasteiger partial charge in [-0.25, -0.2) is 0 Å². The van der Waals surface area contributed by atoms with Crippen molar-refractivity contribution in [3.05, 3.63) is 0 Å². The second kappa shape index (κ2) is 6.74. The predicted octanol–water partition coefficient (Wildman–Crippen LogP) is 3.67. The zero-order chi connectivity index (χ0) is 13.8. The first-order valence-electron chi connectivity index (χ1n) is 8.19. The van der Waals surface area contributed by atoms with Crippen LogP contribution >= 0.6 is 0 Å². The van der Waals surface area contributed by atoms with Gasteiger partial charge in [-0.05, 0) is 38.0 Å². The number of hydrogen-bond donors (Lipinski definition) is 1. The minimum atomic E-state index is -0.591. The fraction of sp³-hybridized carbons (Fsp3) is 0.938. The zero-order valence-corrected chi connectivity index (χ0v) is 12.5. The first-order valence-corrected chi connectivity index (χ1v) is 8.19. The Morgan fingerprint density at radius 2 is 1.84 bits per heavy atom. The van der Waals surface area contributed by atoms with Crippen molar-refractivity contribution in [2.45, 2.75) is 89.8 Å². The minimum absolute atomic E-state index is 0.212. The smallest absolute Gasteiger partial charge is 0.320 e. The molecule has 3 unspecified atom stereocenters. The standard InChI is InChI=1S/C16H29NO2/c1-3-7-13(8-4-2)17-14-10-6-5-9-12(14)11-15(17)16(18)19/h12-15H,3-11H2,1-2H3,(H,18,19). The molecule has 1 heterocycles. The third-order valence-electron chi connectivity index (χ3n) is 5.09. The fourth-order valence-electron chi connectivity index (χ4n) is 4.36. The molecule has 2 rings (SSSR count). The van der Waals surface area contributed by atoms with Gasteiger partial charge >= 0.3 is 5.97 Å². The van der Waals surface area contributed by atoms with Crippen molar-refractivity contribution in [2.75, 3.05) is 0 Å². The van der Waals surface area contributed by atoms with Gasteiger partial charge in [0.1, 0.15) is 6.04 Å². The van der Waals surface area contributed by atoms with E-state index in [1.807, 2.05) is 0 Å². The molecule has 110 valence electrons. The summed E-state index contributed by atoms with van der Waals surface area (Å²) >= 11 is 0. The third kappa shape index (κ3) is 3.13. The summed E-state index contributed by atoms with van der Waals surface area (Å²) in [5.74, 6) is 0.0534. The summed E-state index contributed by atoms with van der Waals surface area (Å²) in [5, 5.41) is 9.57. The van der Waals surface area contributed by atoms with Gasteiger partial charge in [0, 0.05) is 12.1 Å². The van der Waals surface area contributed by atoms with Gasteiger partial charge in [-0.3, -0.25) is 9.69 Å². The van der Waals surface area contributed by atoms with Gasteiger partial charge in [-0.2, -0.15) is 0 Å². The molecule has 0 aromatic heterocycles. The highest BCUT2D eigenvalue weighted by atomic mass is 16.4. The molecule has 2 fully saturated rings. The van der Waals surface area contributed by atoms with Crippen LogP contribution < -0.4 is 0 Å². The summed E-state index contributed by atoms with van der Waals surface area (Å²) in [4.78, 5) is 14.0. The molecule has 0 bridgehead atoms. The maximum atomic E-state index is 11.6. The van der Waals surface area contributed by atoms with Gasteiger partial charge in [-0.1, -0.05) is 39.5 Å². The first kappa shape index (κ1) is 14.8. The average molecular weight is 267 g/mol. The largest absolute Gasteiger partial charge is 0.480 e. The lowest BCUT2D eigenvalue weighted by molar-refractivity contribution is -0.143. The van der Waals surface area contributed by atoms with Crippen molar-refractivity contribution in [1.82, 2.24) is 4.90 Å². The van der Waals surface area contributed by atoms with E-state index >= 15 is 0 Å². The van der Waals surface area contributed by atoms with Crippen LogP contribution in [0.15, 0.2) is 0 Å². The van der Waals surface area contributed by atoms with Crippen molar-refractivity contribution in [3.63, 3.8) is 0 Å². The number of nitrogens with zero attached hydrogens (tertiary/aromatic N) is 1. The molecule has 0 radical (unpaired) electrons. The van der Waals surface area contributed by atoms with Crippen molar-refractivity contribution in [1.29, 1.82) is 0 Å². The molecule has 3 heteroatoms. The Morgan fingerprint density at radius 1 is 1.21 bits per heavy atom. The van der Waals surface area contributed by atoms with Gasteiger partial charge in [0.05, 0.1) is 0 Å². The predicted molar refractivity (Wildman–Crippen MR) is 77.2 cm³/mol. The third-order valence-corrected chi connectivity index (χ3v) is 5.09. The van der Waals surface area contributed by atoms with Crippen LogP contribution in [0.2, 0.25) is 0 Å². The molecule has 3 nitrogen and oxygen atoms in total. The number of fused-ring (bicyclic) bond motifs is 1. The normalized spacial score (nSPS) is 31.6. The highest BCUT2D eigenvalue weighted by Crippen LogP contribution is 2.42. The first-order chi connectivity index (χ1) is 9.19. The molecule has 19 heavy (non-hydrogen) atoms. The van der Waals surface area contributed by atoms with Gasteiger partial charge < -0.3 is 5.11 Å². The number of rotatable bonds is 6. The van der Waals surface area contributed by atoms with E-state index in [0.717, 1.165) is 32.1 Å². The molecule has 2 aliphatic rings. The summed E-state index contributed by atoms with van der Waals surface area (Å²) in [7, 11) is 0. The lowest BCUT2D eigenvalue weighted by Gasteiger charge is -2.38. The molecule has 0 spiro atoms. The number of carbonyl (C=O) groups is 1. The van der Waals surface area contributed by atoms with Crippen LogP contribution in [-0.2, 0) is 4.79 Å². The molecule has 3 atom stereocenters. The van der Waals surface area contributed by atoms with Crippen LogP contribution in [0.25, 0.3) is 0 Å². The lowest BCUT2D eigenvalue weighted by atomic mass is 9.84. The number of carboxylic acids is 1. The maximum absolute atomic E-state index is 11.6. The fourth-order valence-corrected chi connectivity index (χ4v) is 4.36. The van der Waals surface area contributed by atoms with E-state index in [1.54, 1.807) is 0 Å². The van der Waals surface area contributed by atoms with E-state index in [0.29, 0.717) is 18.0 Å². The number of carboxylic acid groups (broad SMARTS) is 1. The van der Waals surface area contributed by atoms with Crippen LogP contribution in [0.1, 0.15) is 71.6 Å². The van der Waals surface area contributed by atoms with E-state index in [4.69, 9.17) is 0 Å². The lowest BCUT2D eigenvalue weighted by Crippen LogP contribution is -2.48. The van der Waals surface area contributed by atoms with E-state index < -0.39 is 5.97 Å². The summed E-state index contributed by atoms with van der Waals surface area (Å²) in [6.45, 7) is 4.43. The second-order valence-corrected chi connectivity index (χ2v) is 6.38. The van der Waals surface area contributed by atoms with Gasteiger partial charge in [0.2, 0.25) is 0 Å². The van der Waals surface area contributed by atoms with Crippen molar-refractivity contribution < 1.29 is 9.90 Å². The molecular formula is C16H29NO2. The van der Waals surface area contributed by atoms with Crippen molar-refractivity contribution in [3.8, 4) is 0 Å². The van der Waals surface area contributed by atoms with Gasteiger partial charge in [0.25, 0.3) is 0 Å². The molecule has 1 aliphatic carbocycles. The van der Waals surface area contributed by atoms with Crippen molar-refractivity contribution >= 4 is 5.97 Å². The number of aliphatic carboxylic acids is 1. The Morgan fingerprint density at radius 3 is 2.42 bits per heavy atom. The summed E-state index contributed by atoms with van der Waals surface area (Å²) < 4.78 is 0. The Bertz CT molecular complexity index is 299. The number of hydrogen-bond acceptors (Lipinski definition) is 2. The number of likely N-dealkylation sites (tertiary alicyclic amines) is 1. The summed E-state index contributed by atoms with van der Waals surface area (Å²) in [6.07, 6.45) is 10.6. The second-order valence-electron chi connectivity index (χ2n) is 6.38. The molecule has 1 N–H and O–H groups in total. The highest BCUT2D eigenvalue weighted by molar-refractivity contribution is 5.74. The monoisotopic (exact) mass is 267 g/mol. The van der Waals surface area contributed by atoms with Crippen LogP contribution in [0.5, 0.6) is 0 Å². The Balaban J connectivity index is 2.17. The maximum Gasteiger partial charge on any atom is 0.320 e. The van der Waals surface area contributed by atoms with Gasteiger partial charge in [0.15, 0.2) is 0 Å². The molecule has 1 saturated carbocycles. The Kier molecular flexibility index (Phi) is 5.26. The quantitative estimate of drug-likeness (QED) is 0.798. The molecule has 0 aromatic rings. The SMILES string of the molecule is CCCC(CCC)N1C(C(=O)O)CC2CCCCC21. The summed E-state index contributed by atoms with van der Waals surface area (Å²) in [6, 6.07) is 0.832. The highest BCUT2D eigenvalue weighted by Gasteiger charge is 2.47. The summed E-state index contributed by atoms with van der Waals surface area (Å²) in [5.41, 5.74) is 0. The Hall–Kier alpha value is -0.570. The Labute approximate surface area is 117 Å². The van der Waals surface area contributed by atoms with Crippen LogP contribution in [0, 0.1) is 5.92 Å². The van der Waals surface area contributed by atoms with Crippen molar-refractivity contribution in [2.24, 2.45) is 5.92 Å². The molecule has 0 aromatic carbocycles. The van der Waals surface area contributed by atoms with Crippen LogP contribution in [-0.4, -0.2) is 34.1 Å². The molecule has 1 aliphatic heterocycles. The van der Waals surface area contributed by atoms with Crippen LogP contribution in [0.3, 0.4) is 0 Å². The topological polar surface area (TPSA) is 40.5 Å². The van der Waals surface area contributed by atoms with Gasteiger partial charge in [-0.15, -0.1) is 0 Å². The van der Waals surface area contributed by atoms with E-state index in [-0.39, 0.29) is 6.04 Å². The van der Waals surface area contributed by atoms with E-state index in [1.165, 1.54) is 25.7 Å². The van der Waals surface area contributed by atoms with Crippen LogP contribution in [0.4, 0.5) is 0 Å². The zero-order valence-electron chi connectivity index (χ0n) is 12.5. The van der Waals surface area contributed by atoms with E-state index in [9.17, 15) is 9.90 Å². The average Bonchev–Trinajstić information content (AvgIpc) is 2.78. The van der Waals surface area contributed by atoms with E-state index in [2.05, 4.69) is 18.7 Å².